The normalized spacial score (nSPS) is 10.3. The number of hydrogen-bond acceptors (Lipinski definition) is 3. The van der Waals surface area contributed by atoms with Gasteiger partial charge in [-0.2, -0.15) is 0 Å². The van der Waals surface area contributed by atoms with Gasteiger partial charge in [-0.3, -0.25) is 4.79 Å². The molecule has 0 bridgehead atoms. The average Bonchev–Trinajstić information content (AvgIpc) is 2.45. The van der Waals surface area contributed by atoms with Crippen LogP contribution in [0.1, 0.15) is 15.9 Å². The van der Waals surface area contributed by atoms with Crippen LogP contribution in [0.4, 0.5) is 5.69 Å². The largest absolute Gasteiger partial charge is 0.507 e. The third-order valence-corrected chi connectivity index (χ3v) is 3.83. The van der Waals surface area contributed by atoms with Crippen LogP contribution in [0.15, 0.2) is 34.8 Å². The highest BCUT2D eigenvalue weighted by Crippen LogP contribution is 2.32. The summed E-state index contributed by atoms with van der Waals surface area (Å²) >= 11 is 9.29. The van der Waals surface area contributed by atoms with E-state index in [-0.39, 0.29) is 11.3 Å². The Hall–Kier alpha value is -1.72. The molecule has 21 heavy (non-hydrogen) atoms. The number of halogens is 2. The quantitative estimate of drug-likeness (QED) is 0.843. The fourth-order valence-electron chi connectivity index (χ4n) is 1.81. The van der Waals surface area contributed by atoms with Gasteiger partial charge in [-0.25, -0.2) is 0 Å². The summed E-state index contributed by atoms with van der Waals surface area (Å²) in [6, 6.07) is 7.99. The Labute approximate surface area is 135 Å². The van der Waals surface area contributed by atoms with Gasteiger partial charge >= 0.3 is 0 Å². The Morgan fingerprint density at radius 1 is 1.33 bits per heavy atom. The summed E-state index contributed by atoms with van der Waals surface area (Å²) in [7, 11) is 1.49. The molecule has 0 aliphatic rings. The Balaban J connectivity index is 2.35. The molecule has 0 aromatic heterocycles. The van der Waals surface area contributed by atoms with Crippen LogP contribution in [-0.4, -0.2) is 18.1 Å². The van der Waals surface area contributed by atoms with Crippen molar-refractivity contribution in [1.82, 2.24) is 0 Å². The molecule has 0 spiro atoms. The summed E-state index contributed by atoms with van der Waals surface area (Å²) in [5, 5.41) is 13.0. The van der Waals surface area contributed by atoms with E-state index in [9.17, 15) is 9.90 Å². The Morgan fingerprint density at radius 2 is 2.05 bits per heavy atom. The maximum absolute atomic E-state index is 12.3. The highest BCUT2D eigenvalue weighted by Gasteiger charge is 2.15. The summed E-state index contributed by atoms with van der Waals surface area (Å²) in [5.41, 5.74) is 1.47. The van der Waals surface area contributed by atoms with Gasteiger partial charge in [0.2, 0.25) is 0 Å². The molecule has 0 fully saturated rings. The lowest BCUT2D eigenvalue weighted by Crippen LogP contribution is -2.13. The first-order chi connectivity index (χ1) is 9.92. The number of benzene rings is 2. The number of carbonyl (C=O) groups is 1. The number of carbonyl (C=O) groups excluding carboxylic acids is 1. The number of nitrogens with one attached hydrogen (secondary N) is 1. The molecule has 2 rings (SSSR count). The van der Waals surface area contributed by atoms with Gasteiger partial charge in [-0.05, 0) is 36.8 Å². The molecule has 0 heterocycles. The Bertz CT molecular complexity index is 704. The fraction of sp³-hybridized carbons (Fsp3) is 0.133. The number of anilines is 1. The van der Waals surface area contributed by atoms with E-state index in [1.807, 2.05) is 6.92 Å². The number of amides is 1. The van der Waals surface area contributed by atoms with Gasteiger partial charge in [0.1, 0.15) is 11.5 Å². The third-order valence-electron chi connectivity index (χ3n) is 2.93. The van der Waals surface area contributed by atoms with E-state index in [1.165, 1.54) is 13.2 Å². The fourth-order valence-corrected chi connectivity index (χ4v) is 2.32. The van der Waals surface area contributed by atoms with Gasteiger partial charge in [0.25, 0.3) is 5.91 Å². The lowest BCUT2D eigenvalue weighted by atomic mass is 10.1. The van der Waals surface area contributed by atoms with Crippen LogP contribution in [-0.2, 0) is 0 Å². The van der Waals surface area contributed by atoms with Crippen molar-refractivity contribution >= 4 is 39.1 Å². The van der Waals surface area contributed by atoms with Gasteiger partial charge in [0.05, 0.1) is 18.4 Å². The van der Waals surface area contributed by atoms with E-state index in [0.29, 0.717) is 20.9 Å². The van der Waals surface area contributed by atoms with Crippen molar-refractivity contribution < 1.29 is 14.6 Å². The summed E-state index contributed by atoms with van der Waals surface area (Å²) in [6.45, 7) is 1.83. The number of phenolic OH excluding ortho intramolecular Hbond substituents is 1. The van der Waals surface area contributed by atoms with Crippen LogP contribution in [0, 0.1) is 6.92 Å². The minimum absolute atomic E-state index is 0.0969. The molecule has 0 radical (unpaired) electrons. The zero-order valence-corrected chi connectivity index (χ0v) is 13.7. The standard InChI is InChI=1S/C15H13BrClNO3/c1-8-5-12(14(21-2)7-11(8)17)18-15(20)10-6-9(16)3-4-13(10)19/h3-7,19H,1-2H3,(H,18,20). The molecule has 110 valence electrons. The molecule has 0 aliphatic heterocycles. The number of hydrogen-bond donors (Lipinski definition) is 2. The molecule has 1 amide bonds. The number of phenols is 1. The van der Waals surface area contributed by atoms with Crippen molar-refractivity contribution in [3.8, 4) is 11.5 Å². The van der Waals surface area contributed by atoms with Gasteiger partial charge < -0.3 is 15.2 Å². The summed E-state index contributed by atoms with van der Waals surface area (Å²) in [6.07, 6.45) is 0. The minimum Gasteiger partial charge on any atom is -0.507 e. The number of methoxy groups -OCH3 is 1. The van der Waals surface area contributed by atoms with Crippen molar-refractivity contribution in [2.45, 2.75) is 6.92 Å². The van der Waals surface area contributed by atoms with E-state index in [0.717, 1.165) is 5.56 Å². The molecule has 0 saturated carbocycles. The van der Waals surface area contributed by atoms with E-state index < -0.39 is 5.91 Å². The lowest BCUT2D eigenvalue weighted by molar-refractivity contribution is 0.102. The van der Waals surface area contributed by atoms with Crippen molar-refractivity contribution in [2.75, 3.05) is 12.4 Å². The number of ether oxygens (including phenoxy) is 1. The first-order valence-electron chi connectivity index (χ1n) is 6.06. The number of aryl methyl sites for hydroxylation is 1. The average molecular weight is 371 g/mol. The first-order valence-corrected chi connectivity index (χ1v) is 7.23. The predicted octanol–water partition coefficient (Wildman–Crippen LogP) is 4.38. The lowest BCUT2D eigenvalue weighted by Gasteiger charge is -2.13. The minimum atomic E-state index is -0.436. The second kappa shape index (κ2) is 6.37. The van der Waals surface area contributed by atoms with Gasteiger partial charge in [0, 0.05) is 15.6 Å². The predicted molar refractivity (Wildman–Crippen MR) is 86.5 cm³/mol. The highest BCUT2D eigenvalue weighted by atomic mass is 79.9. The zero-order chi connectivity index (χ0) is 15.6. The molecule has 2 aromatic rings. The second-order valence-corrected chi connectivity index (χ2v) is 5.74. The highest BCUT2D eigenvalue weighted by molar-refractivity contribution is 9.10. The van der Waals surface area contributed by atoms with E-state index >= 15 is 0 Å². The molecule has 0 atom stereocenters. The van der Waals surface area contributed by atoms with E-state index in [4.69, 9.17) is 16.3 Å². The van der Waals surface area contributed by atoms with Crippen LogP contribution in [0.2, 0.25) is 5.02 Å². The van der Waals surface area contributed by atoms with Crippen LogP contribution in [0.5, 0.6) is 11.5 Å². The summed E-state index contributed by atoms with van der Waals surface area (Å²) in [4.78, 5) is 12.3. The monoisotopic (exact) mass is 369 g/mol. The molecule has 6 heteroatoms. The van der Waals surface area contributed by atoms with E-state index in [1.54, 1.807) is 24.3 Å². The zero-order valence-electron chi connectivity index (χ0n) is 11.4. The summed E-state index contributed by atoms with van der Waals surface area (Å²) in [5.74, 6) is -0.0809. The van der Waals surface area contributed by atoms with Crippen LogP contribution < -0.4 is 10.1 Å². The van der Waals surface area contributed by atoms with Crippen molar-refractivity contribution in [3.63, 3.8) is 0 Å². The first kappa shape index (κ1) is 15.7. The SMILES string of the molecule is COc1cc(Cl)c(C)cc1NC(=O)c1cc(Br)ccc1O. The van der Waals surface area contributed by atoms with E-state index in [2.05, 4.69) is 21.2 Å². The molecular formula is C15H13BrClNO3. The van der Waals surface area contributed by atoms with Crippen molar-refractivity contribution in [1.29, 1.82) is 0 Å². The third kappa shape index (κ3) is 3.49. The Kier molecular flexibility index (Phi) is 4.75. The van der Waals surface area contributed by atoms with Gasteiger partial charge in [-0.1, -0.05) is 27.5 Å². The number of aromatic hydroxyl groups is 1. The van der Waals surface area contributed by atoms with Crippen LogP contribution in [0.3, 0.4) is 0 Å². The van der Waals surface area contributed by atoms with Crippen molar-refractivity contribution in [2.24, 2.45) is 0 Å². The van der Waals surface area contributed by atoms with Gasteiger partial charge in [-0.15, -0.1) is 0 Å². The van der Waals surface area contributed by atoms with Crippen LogP contribution >= 0.6 is 27.5 Å². The van der Waals surface area contributed by atoms with Crippen LogP contribution in [0.25, 0.3) is 0 Å². The Morgan fingerprint density at radius 3 is 2.71 bits per heavy atom. The van der Waals surface area contributed by atoms with Gasteiger partial charge in [0.15, 0.2) is 0 Å². The topological polar surface area (TPSA) is 58.6 Å². The molecule has 0 aliphatic carbocycles. The second-order valence-electron chi connectivity index (χ2n) is 4.42. The molecular weight excluding hydrogens is 358 g/mol. The van der Waals surface area contributed by atoms with Crippen molar-refractivity contribution in [3.05, 3.63) is 51.0 Å². The number of rotatable bonds is 3. The molecule has 0 unspecified atom stereocenters. The maximum atomic E-state index is 12.3. The molecule has 0 saturated heterocycles. The smallest absolute Gasteiger partial charge is 0.259 e. The maximum Gasteiger partial charge on any atom is 0.259 e. The summed E-state index contributed by atoms with van der Waals surface area (Å²) < 4.78 is 5.90. The molecule has 4 nitrogen and oxygen atoms in total. The molecule has 2 N–H and O–H groups in total. The molecule has 2 aromatic carbocycles.